The van der Waals surface area contributed by atoms with Crippen molar-refractivity contribution < 1.29 is 64.0 Å². The number of nitrogens with zero attached hydrogens (tertiary/aromatic N) is 1. The number of ether oxygens (including phenoxy) is 3. The van der Waals surface area contributed by atoms with Gasteiger partial charge in [-0.05, 0) is 13.0 Å². The standard InChI is InChI=1S/C33H38N4O13S/c1-13-28(42)16(36-20(39)6-7-22(40)41)8-23(49-13)50-18-10-33(47,19(12-38)35-11-21(51)37-34)9-15-25(18)32(46)27-26(30(15)44)29(43)14-4-3-5-17(48-2)24(14)31(27)45/h3-5,13,16,18,23,28,38,42,44,46-47H,6-12,34H2,1-2H3,(H,36,39)(H,37,51)(H,40,41)/t13-,16-,18-,23-,28+,33-/m0/s1. The number of ketones is 2. The molecule has 1 heterocycles. The van der Waals surface area contributed by atoms with Crippen LogP contribution >= 0.6 is 12.2 Å². The van der Waals surface area contributed by atoms with Gasteiger partial charge in [-0.3, -0.25) is 24.2 Å². The number of carboxylic acids is 1. The van der Waals surface area contributed by atoms with E-state index in [-0.39, 0.29) is 58.1 Å². The minimum Gasteiger partial charge on any atom is -0.507 e. The van der Waals surface area contributed by atoms with Crippen molar-refractivity contribution in [1.29, 1.82) is 0 Å². The molecule has 17 nitrogen and oxygen atoms in total. The number of benzene rings is 2. The lowest BCUT2D eigenvalue weighted by Gasteiger charge is -2.43. The van der Waals surface area contributed by atoms with E-state index in [0.717, 1.165) is 0 Å². The number of hydrogen-bond acceptors (Lipinski definition) is 15. The van der Waals surface area contributed by atoms with Crippen LogP contribution in [-0.4, -0.2) is 115 Å². The second-order valence-corrected chi connectivity index (χ2v) is 13.0. The van der Waals surface area contributed by atoms with Crippen LogP contribution in [0.25, 0.3) is 0 Å². The fourth-order valence-corrected chi connectivity index (χ4v) is 6.84. The van der Waals surface area contributed by atoms with E-state index in [2.05, 4.69) is 15.7 Å². The van der Waals surface area contributed by atoms with Gasteiger partial charge in [-0.1, -0.05) is 24.4 Å². The highest BCUT2D eigenvalue weighted by atomic mass is 32.1. The number of aliphatic hydroxyl groups is 3. The molecule has 2 aromatic carbocycles. The molecule has 10 N–H and O–H groups in total. The first-order valence-corrected chi connectivity index (χ1v) is 16.3. The third-order valence-electron chi connectivity index (χ3n) is 9.27. The Bertz CT molecular complexity index is 1820. The Morgan fingerprint density at radius 3 is 2.49 bits per heavy atom. The normalized spacial score (nSPS) is 25.7. The molecule has 0 unspecified atom stereocenters. The van der Waals surface area contributed by atoms with Gasteiger partial charge in [0, 0.05) is 42.4 Å². The second kappa shape index (κ2) is 15.0. The van der Waals surface area contributed by atoms with Crippen molar-refractivity contribution in [3.05, 3.63) is 51.6 Å². The van der Waals surface area contributed by atoms with Crippen molar-refractivity contribution in [2.75, 3.05) is 20.3 Å². The van der Waals surface area contributed by atoms with Crippen molar-refractivity contribution in [2.24, 2.45) is 10.8 Å². The van der Waals surface area contributed by atoms with E-state index in [0.29, 0.717) is 0 Å². The lowest BCUT2D eigenvalue weighted by molar-refractivity contribution is -0.248. The molecule has 0 bridgehead atoms. The van der Waals surface area contributed by atoms with Crippen LogP contribution in [0.4, 0.5) is 0 Å². The van der Waals surface area contributed by atoms with Gasteiger partial charge in [-0.15, -0.1) is 0 Å². The summed E-state index contributed by atoms with van der Waals surface area (Å²) in [6, 6.07) is 3.34. The lowest BCUT2D eigenvalue weighted by Crippen LogP contribution is -2.56. The predicted octanol–water partition coefficient (Wildman–Crippen LogP) is -0.314. The van der Waals surface area contributed by atoms with Crippen molar-refractivity contribution in [2.45, 2.75) is 75.3 Å². The van der Waals surface area contributed by atoms with E-state index >= 15 is 0 Å². The molecule has 51 heavy (non-hydrogen) atoms. The number of phenolic OH excluding ortho intramolecular Hbond substituents is 2. The molecule has 3 aliphatic rings. The molecule has 1 amide bonds. The van der Waals surface area contributed by atoms with Gasteiger partial charge >= 0.3 is 5.97 Å². The Morgan fingerprint density at radius 2 is 1.84 bits per heavy atom. The number of carbonyl (C=O) groups is 4. The van der Waals surface area contributed by atoms with E-state index in [1.165, 1.54) is 32.2 Å². The van der Waals surface area contributed by atoms with E-state index in [4.69, 9.17) is 37.4 Å². The maximum absolute atomic E-state index is 14.0. The van der Waals surface area contributed by atoms with Gasteiger partial charge in [0.25, 0.3) is 0 Å². The van der Waals surface area contributed by atoms with Crippen molar-refractivity contribution >= 4 is 46.4 Å². The van der Waals surface area contributed by atoms with Crippen molar-refractivity contribution in [3.8, 4) is 17.2 Å². The van der Waals surface area contributed by atoms with Crippen LogP contribution in [-0.2, 0) is 25.5 Å². The highest BCUT2D eigenvalue weighted by Gasteiger charge is 2.49. The number of amides is 1. The molecule has 1 saturated heterocycles. The van der Waals surface area contributed by atoms with Crippen LogP contribution < -0.4 is 21.3 Å². The van der Waals surface area contributed by atoms with E-state index in [1.807, 2.05) is 0 Å². The maximum Gasteiger partial charge on any atom is 0.303 e. The summed E-state index contributed by atoms with van der Waals surface area (Å²) < 4.78 is 17.5. The number of aliphatic hydroxyl groups excluding tert-OH is 2. The van der Waals surface area contributed by atoms with Gasteiger partial charge in [-0.25, -0.2) is 5.84 Å². The fourth-order valence-electron chi connectivity index (χ4n) is 6.78. The number of carboxylic acid groups (broad SMARTS) is 1. The van der Waals surface area contributed by atoms with Crippen LogP contribution in [0.1, 0.15) is 81.7 Å². The molecule has 274 valence electrons. The van der Waals surface area contributed by atoms with Crippen molar-refractivity contribution in [3.63, 3.8) is 0 Å². The molecule has 2 aliphatic carbocycles. The topological polar surface area (TPSA) is 280 Å². The number of hydrogen-bond donors (Lipinski definition) is 9. The summed E-state index contributed by atoms with van der Waals surface area (Å²) in [6.45, 7) is 0.475. The largest absolute Gasteiger partial charge is 0.507 e. The van der Waals surface area contributed by atoms with E-state index in [1.54, 1.807) is 0 Å². The quantitative estimate of drug-likeness (QED) is 0.0402. The van der Waals surface area contributed by atoms with E-state index < -0.39 is 108 Å². The monoisotopic (exact) mass is 730 g/mol. The van der Waals surface area contributed by atoms with Gasteiger partial charge in [0.1, 0.15) is 33.9 Å². The molecular formula is C33H38N4O13S. The molecule has 6 atom stereocenters. The third kappa shape index (κ3) is 7.16. The Labute approximate surface area is 296 Å². The number of aromatic hydroxyl groups is 2. The third-order valence-corrected chi connectivity index (χ3v) is 9.52. The zero-order valence-electron chi connectivity index (χ0n) is 27.5. The summed E-state index contributed by atoms with van der Waals surface area (Å²) in [5, 5.41) is 68.3. The van der Waals surface area contributed by atoms with Gasteiger partial charge < -0.3 is 55.6 Å². The molecule has 2 aromatic rings. The molecular weight excluding hydrogens is 692 g/mol. The summed E-state index contributed by atoms with van der Waals surface area (Å²) in [6.07, 6.45) is -6.79. The molecule has 1 aliphatic heterocycles. The number of carbonyl (C=O) groups excluding carboxylic acids is 3. The van der Waals surface area contributed by atoms with E-state index in [9.17, 15) is 44.7 Å². The zero-order valence-corrected chi connectivity index (χ0v) is 28.4. The Balaban J connectivity index is 1.61. The maximum atomic E-state index is 14.0. The minimum atomic E-state index is -2.10. The predicted molar refractivity (Wildman–Crippen MR) is 180 cm³/mol. The summed E-state index contributed by atoms with van der Waals surface area (Å²) in [4.78, 5) is 55.5. The number of nitrogens with two attached hydrogens (primary N) is 1. The summed E-state index contributed by atoms with van der Waals surface area (Å²) >= 11 is 5.04. The van der Waals surface area contributed by atoms with Gasteiger partial charge in [-0.2, -0.15) is 0 Å². The number of rotatable bonds is 11. The number of aliphatic imine (C=N–C) groups is 1. The Kier molecular flexibility index (Phi) is 11.1. The first-order valence-electron chi connectivity index (χ1n) is 15.9. The first-order chi connectivity index (χ1) is 24.1. The number of hydrazine groups is 1. The molecule has 0 radical (unpaired) electrons. The SMILES string of the molecule is COc1cccc2c1C(=O)c1c(O)c3c(c(O)c1C2=O)C[C@@](O)(C(CO)=NCC(=S)NN)C[C@@H]3O[C@H]1C[C@H](NC(=O)CCC(=O)O)[C@H](O)[C@H](C)O1. The number of fused-ring (bicyclic) bond motifs is 3. The molecule has 1 fully saturated rings. The summed E-state index contributed by atoms with van der Waals surface area (Å²) in [5.74, 6) is 0.541. The Morgan fingerprint density at radius 1 is 1.14 bits per heavy atom. The smallest absolute Gasteiger partial charge is 0.303 e. The molecule has 0 saturated carbocycles. The molecule has 0 spiro atoms. The number of nitrogens with one attached hydrogen (secondary N) is 2. The van der Waals surface area contributed by atoms with Crippen LogP contribution in [0.5, 0.6) is 17.2 Å². The van der Waals surface area contributed by atoms with Crippen LogP contribution in [0.2, 0.25) is 0 Å². The average molecular weight is 731 g/mol. The lowest BCUT2D eigenvalue weighted by atomic mass is 9.71. The van der Waals surface area contributed by atoms with Crippen LogP contribution in [0.15, 0.2) is 23.2 Å². The molecule has 0 aromatic heterocycles. The van der Waals surface area contributed by atoms with Crippen LogP contribution in [0.3, 0.4) is 0 Å². The summed E-state index contributed by atoms with van der Waals surface area (Å²) in [7, 11) is 1.30. The van der Waals surface area contributed by atoms with Crippen molar-refractivity contribution in [1.82, 2.24) is 10.7 Å². The summed E-state index contributed by atoms with van der Waals surface area (Å²) in [5.41, 5.74) is -1.63. The Hall–Kier alpha value is -4.56. The number of thiocarbonyl (C=S) groups is 1. The average Bonchev–Trinajstić information content (AvgIpc) is 3.09. The van der Waals surface area contributed by atoms with Gasteiger partial charge in [0.15, 0.2) is 12.1 Å². The van der Waals surface area contributed by atoms with Gasteiger partial charge in [0.2, 0.25) is 11.7 Å². The number of methoxy groups -OCH3 is 1. The highest BCUT2D eigenvalue weighted by molar-refractivity contribution is 7.80. The highest BCUT2D eigenvalue weighted by Crippen LogP contribution is 2.52. The number of aliphatic carboxylic acids is 1. The fraction of sp³-hybridized carbons (Fsp3) is 0.455. The molecule has 5 rings (SSSR count). The first kappa shape index (κ1) is 37.7. The van der Waals surface area contributed by atoms with Crippen LogP contribution in [0, 0.1) is 0 Å². The molecule has 18 heteroatoms. The minimum absolute atomic E-state index is 0.0589. The van der Waals surface area contributed by atoms with Gasteiger partial charge in [0.05, 0.1) is 67.3 Å². The number of phenols is 2. The second-order valence-electron chi connectivity index (χ2n) is 12.5. The zero-order chi connectivity index (χ0) is 37.4.